The first-order chi connectivity index (χ1) is 8.99. The first kappa shape index (κ1) is 15.8. The molecule has 0 saturated heterocycles. The van der Waals surface area contributed by atoms with Crippen LogP contribution in [0.1, 0.15) is 63.6 Å². The van der Waals surface area contributed by atoms with Gasteiger partial charge in [0.2, 0.25) is 0 Å². The van der Waals surface area contributed by atoms with E-state index in [1.165, 1.54) is 27.8 Å². The number of hydrogen-bond donors (Lipinski definition) is 0. The second-order valence-corrected chi connectivity index (χ2v) is 5.55. The molecule has 0 aromatic heterocycles. The van der Waals surface area contributed by atoms with Gasteiger partial charge in [-0.05, 0) is 57.2 Å². The summed E-state index contributed by atoms with van der Waals surface area (Å²) in [7, 11) is 0. The monoisotopic (exact) mass is 256 g/mol. The Labute approximate surface area is 119 Å². The average molecular weight is 256 g/mol. The van der Waals surface area contributed by atoms with Crippen LogP contribution < -0.4 is 0 Å². The summed E-state index contributed by atoms with van der Waals surface area (Å²) in [6.07, 6.45) is 6.74. The molecule has 1 aromatic carbocycles. The molecule has 0 spiro atoms. The van der Waals surface area contributed by atoms with Crippen LogP contribution in [0.3, 0.4) is 0 Å². The maximum Gasteiger partial charge on any atom is 0.00172 e. The van der Waals surface area contributed by atoms with Crippen LogP contribution >= 0.6 is 0 Å². The lowest BCUT2D eigenvalue weighted by atomic mass is 9.90. The van der Waals surface area contributed by atoms with Crippen LogP contribution in [0.15, 0.2) is 41.5 Å². The van der Waals surface area contributed by atoms with Crippen molar-refractivity contribution in [3.8, 4) is 0 Å². The number of rotatable bonds is 5. The highest BCUT2D eigenvalue weighted by molar-refractivity contribution is 5.36. The molecule has 0 bridgehead atoms. The van der Waals surface area contributed by atoms with Gasteiger partial charge in [0.05, 0.1) is 0 Å². The molecule has 1 aromatic rings. The first-order valence-corrected chi connectivity index (χ1v) is 7.37. The minimum atomic E-state index is 0.509. The van der Waals surface area contributed by atoms with E-state index in [0.29, 0.717) is 5.92 Å². The van der Waals surface area contributed by atoms with Crippen LogP contribution in [0.25, 0.3) is 0 Å². The molecule has 104 valence electrons. The maximum atomic E-state index is 2.36. The average Bonchev–Trinajstić information content (AvgIpc) is 2.43. The largest absolute Gasteiger partial charge is 0.0884 e. The fourth-order valence-corrected chi connectivity index (χ4v) is 2.26. The van der Waals surface area contributed by atoms with Gasteiger partial charge in [0.1, 0.15) is 0 Å². The lowest BCUT2D eigenvalue weighted by Gasteiger charge is -2.15. The summed E-state index contributed by atoms with van der Waals surface area (Å²) in [5.74, 6) is 0.509. The van der Waals surface area contributed by atoms with Crippen LogP contribution in [0, 0.1) is 6.92 Å². The zero-order valence-corrected chi connectivity index (χ0v) is 13.4. The van der Waals surface area contributed by atoms with E-state index in [4.69, 9.17) is 0 Å². The van der Waals surface area contributed by atoms with Crippen molar-refractivity contribution in [2.45, 2.75) is 60.3 Å². The molecular formula is C19H28. The standard InChI is InChI=1S/C19H28/c1-7-14(3)9-10-15(4)17(6)19-12-11-18(8-2)16(5)13-19/h7,10-13,17H,8-9H2,1-6H3. The third kappa shape index (κ3) is 4.38. The van der Waals surface area contributed by atoms with E-state index < -0.39 is 0 Å². The van der Waals surface area contributed by atoms with E-state index in [0.717, 1.165) is 12.8 Å². The highest BCUT2D eigenvalue weighted by atomic mass is 14.1. The van der Waals surface area contributed by atoms with Gasteiger partial charge in [0.25, 0.3) is 0 Å². The Bertz CT molecular complexity index is 475. The van der Waals surface area contributed by atoms with Gasteiger partial charge in [-0.15, -0.1) is 0 Å². The molecule has 0 aliphatic carbocycles. The van der Waals surface area contributed by atoms with Crippen LogP contribution in [0.2, 0.25) is 0 Å². The normalized spacial score (nSPS) is 14.6. The zero-order chi connectivity index (χ0) is 14.4. The number of allylic oxidation sites excluding steroid dienone is 4. The molecule has 19 heavy (non-hydrogen) atoms. The lowest BCUT2D eigenvalue weighted by Crippen LogP contribution is -1.98. The first-order valence-electron chi connectivity index (χ1n) is 7.37. The lowest BCUT2D eigenvalue weighted by molar-refractivity contribution is 0.879. The molecule has 0 amide bonds. The minimum Gasteiger partial charge on any atom is -0.0884 e. The van der Waals surface area contributed by atoms with Crippen LogP contribution in [-0.2, 0) is 6.42 Å². The van der Waals surface area contributed by atoms with E-state index in [1.807, 2.05) is 0 Å². The Kier molecular flexibility index (Phi) is 6.08. The van der Waals surface area contributed by atoms with Gasteiger partial charge < -0.3 is 0 Å². The maximum absolute atomic E-state index is 2.36. The molecule has 0 fully saturated rings. The van der Waals surface area contributed by atoms with Crippen molar-refractivity contribution in [2.24, 2.45) is 0 Å². The van der Waals surface area contributed by atoms with Crippen molar-refractivity contribution in [3.63, 3.8) is 0 Å². The molecule has 1 unspecified atom stereocenters. The van der Waals surface area contributed by atoms with Gasteiger partial charge in [-0.25, -0.2) is 0 Å². The van der Waals surface area contributed by atoms with Crippen LogP contribution in [0.5, 0.6) is 0 Å². The van der Waals surface area contributed by atoms with E-state index in [1.54, 1.807) is 0 Å². The Morgan fingerprint density at radius 2 is 1.95 bits per heavy atom. The number of aryl methyl sites for hydroxylation is 2. The summed E-state index contributed by atoms with van der Waals surface area (Å²) < 4.78 is 0. The molecular weight excluding hydrogens is 228 g/mol. The third-order valence-electron chi connectivity index (χ3n) is 4.17. The molecule has 0 radical (unpaired) electrons. The summed E-state index contributed by atoms with van der Waals surface area (Å²) in [4.78, 5) is 0. The van der Waals surface area contributed by atoms with Crippen molar-refractivity contribution in [2.75, 3.05) is 0 Å². The van der Waals surface area contributed by atoms with E-state index in [2.05, 4.69) is 71.9 Å². The molecule has 1 rings (SSSR count). The Morgan fingerprint density at radius 1 is 1.26 bits per heavy atom. The highest BCUT2D eigenvalue weighted by Crippen LogP contribution is 2.26. The number of hydrogen-bond acceptors (Lipinski definition) is 0. The van der Waals surface area contributed by atoms with Crippen molar-refractivity contribution in [3.05, 3.63) is 58.2 Å². The molecule has 0 heterocycles. The summed E-state index contributed by atoms with van der Waals surface area (Å²) in [5, 5.41) is 0. The fraction of sp³-hybridized carbons (Fsp3) is 0.474. The van der Waals surface area contributed by atoms with Crippen molar-refractivity contribution < 1.29 is 0 Å². The van der Waals surface area contributed by atoms with E-state index in [-0.39, 0.29) is 0 Å². The zero-order valence-electron chi connectivity index (χ0n) is 13.4. The minimum absolute atomic E-state index is 0.509. The van der Waals surface area contributed by atoms with Gasteiger partial charge in [0.15, 0.2) is 0 Å². The molecule has 0 aliphatic heterocycles. The fourth-order valence-electron chi connectivity index (χ4n) is 2.26. The Morgan fingerprint density at radius 3 is 2.47 bits per heavy atom. The molecule has 0 heteroatoms. The van der Waals surface area contributed by atoms with Crippen LogP contribution in [0.4, 0.5) is 0 Å². The van der Waals surface area contributed by atoms with Gasteiger partial charge in [0, 0.05) is 5.92 Å². The smallest absolute Gasteiger partial charge is 0.00172 e. The van der Waals surface area contributed by atoms with E-state index >= 15 is 0 Å². The molecule has 0 saturated carbocycles. The Balaban J connectivity index is 2.87. The van der Waals surface area contributed by atoms with Gasteiger partial charge >= 0.3 is 0 Å². The predicted molar refractivity (Wildman–Crippen MR) is 86.8 cm³/mol. The summed E-state index contributed by atoms with van der Waals surface area (Å²) in [6.45, 7) is 13.3. The second-order valence-electron chi connectivity index (χ2n) is 5.55. The summed E-state index contributed by atoms with van der Waals surface area (Å²) >= 11 is 0. The van der Waals surface area contributed by atoms with Crippen molar-refractivity contribution in [1.82, 2.24) is 0 Å². The van der Waals surface area contributed by atoms with Crippen molar-refractivity contribution in [1.29, 1.82) is 0 Å². The quantitative estimate of drug-likeness (QED) is 0.570. The third-order valence-corrected chi connectivity index (χ3v) is 4.17. The molecule has 1 atom stereocenters. The van der Waals surface area contributed by atoms with Crippen LogP contribution in [-0.4, -0.2) is 0 Å². The highest BCUT2D eigenvalue weighted by Gasteiger charge is 2.08. The molecule has 0 N–H and O–H groups in total. The van der Waals surface area contributed by atoms with E-state index in [9.17, 15) is 0 Å². The topological polar surface area (TPSA) is 0 Å². The molecule has 0 aliphatic rings. The van der Waals surface area contributed by atoms with Gasteiger partial charge in [-0.3, -0.25) is 0 Å². The SMILES string of the molecule is CC=C(C)CC=C(C)C(C)c1ccc(CC)c(C)c1. The molecule has 0 nitrogen and oxygen atoms in total. The predicted octanol–water partition coefficient (Wildman–Crippen LogP) is 5.96. The van der Waals surface area contributed by atoms with Crippen molar-refractivity contribution >= 4 is 0 Å². The second kappa shape index (κ2) is 7.33. The number of benzene rings is 1. The van der Waals surface area contributed by atoms with Gasteiger partial charge in [-0.2, -0.15) is 0 Å². The summed E-state index contributed by atoms with van der Waals surface area (Å²) in [6, 6.07) is 6.92. The van der Waals surface area contributed by atoms with Gasteiger partial charge in [-0.1, -0.05) is 55.3 Å². The summed E-state index contributed by atoms with van der Waals surface area (Å²) in [5.41, 5.74) is 7.21. The Hall–Kier alpha value is -1.30.